The summed E-state index contributed by atoms with van der Waals surface area (Å²) in [4.78, 5) is 7.48. The summed E-state index contributed by atoms with van der Waals surface area (Å²) >= 11 is 1.63. The van der Waals surface area contributed by atoms with Crippen molar-refractivity contribution in [2.24, 2.45) is 0 Å². The van der Waals surface area contributed by atoms with Crippen LogP contribution >= 0.6 is 11.3 Å². The molecule has 0 radical (unpaired) electrons. The Balaban J connectivity index is 1.44. The quantitative estimate of drug-likeness (QED) is 0.495. The molecule has 1 aliphatic rings. The van der Waals surface area contributed by atoms with Gasteiger partial charge >= 0.3 is 0 Å². The molecule has 4 rings (SSSR count). The van der Waals surface area contributed by atoms with E-state index in [0.29, 0.717) is 30.8 Å². The lowest BCUT2D eigenvalue weighted by atomic mass is 9.87. The predicted octanol–water partition coefficient (Wildman–Crippen LogP) is 5.86. The largest absolute Gasteiger partial charge is 0.348 e. The standard InChI is InChI=1S/C25H30N2O2S2/c1-18-6-5-7-19(16-18)23-17-30-24(26-23)27-14-12-22(13-15-27)31(28,29)21-10-8-20(9-11-21)25(2,3)4/h5-11,16-17,22H,12-15H2,1-4H3. The summed E-state index contributed by atoms with van der Waals surface area (Å²) in [6.07, 6.45) is 1.26. The third kappa shape index (κ3) is 4.70. The summed E-state index contributed by atoms with van der Waals surface area (Å²) < 4.78 is 26.4. The molecule has 0 unspecified atom stereocenters. The summed E-state index contributed by atoms with van der Waals surface area (Å²) in [5, 5.41) is 2.73. The highest BCUT2D eigenvalue weighted by Crippen LogP contribution is 2.32. The van der Waals surface area contributed by atoms with Crippen molar-refractivity contribution in [1.82, 2.24) is 4.98 Å². The Morgan fingerprint density at radius 3 is 2.32 bits per heavy atom. The maximum absolute atomic E-state index is 13.2. The molecule has 1 saturated heterocycles. The molecule has 2 heterocycles. The minimum atomic E-state index is -3.32. The molecule has 0 bridgehead atoms. The lowest BCUT2D eigenvalue weighted by Crippen LogP contribution is -2.39. The molecule has 0 atom stereocenters. The number of hydrogen-bond donors (Lipinski definition) is 0. The van der Waals surface area contributed by atoms with Crippen LogP contribution in [0.2, 0.25) is 0 Å². The zero-order chi connectivity index (χ0) is 22.2. The van der Waals surface area contributed by atoms with Crippen LogP contribution < -0.4 is 4.90 Å². The van der Waals surface area contributed by atoms with Crippen molar-refractivity contribution in [2.75, 3.05) is 18.0 Å². The van der Waals surface area contributed by atoms with Crippen molar-refractivity contribution in [2.45, 2.75) is 56.1 Å². The van der Waals surface area contributed by atoms with E-state index in [1.807, 2.05) is 18.2 Å². The van der Waals surface area contributed by atoms with Crippen molar-refractivity contribution < 1.29 is 8.42 Å². The summed E-state index contributed by atoms with van der Waals surface area (Å²) in [6, 6.07) is 15.8. The van der Waals surface area contributed by atoms with Crippen LogP contribution in [0.1, 0.15) is 44.7 Å². The van der Waals surface area contributed by atoms with Crippen molar-refractivity contribution in [3.05, 3.63) is 65.0 Å². The fraction of sp³-hybridized carbons (Fsp3) is 0.400. The summed E-state index contributed by atoms with van der Waals surface area (Å²) in [7, 11) is -3.32. The van der Waals surface area contributed by atoms with Gasteiger partial charge in [-0.2, -0.15) is 0 Å². The van der Waals surface area contributed by atoms with Crippen LogP contribution in [0.25, 0.3) is 11.3 Å². The van der Waals surface area contributed by atoms with Gasteiger partial charge in [-0.1, -0.05) is 56.7 Å². The molecule has 0 amide bonds. The zero-order valence-corrected chi connectivity index (χ0v) is 20.3. The Labute approximate surface area is 189 Å². The average Bonchev–Trinajstić information content (AvgIpc) is 3.24. The average molecular weight is 455 g/mol. The molecule has 3 aromatic rings. The van der Waals surface area contributed by atoms with E-state index in [2.05, 4.69) is 56.2 Å². The van der Waals surface area contributed by atoms with Crippen molar-refractivity contribution in [3.63, 3.8) is 0 Å². The van der Waals surface area contributed by atoms with Gasteiger partial charge in [-0.3, -0.25) is 0 Å². The molecule has 2 aromatic carbocycles. The predicted molar refractivity (Wildman–Crippen MR) is 130 cm³/mol. The number of thiazole rings is 1. The first-order chi connectivity index (χ1) is 14.6. The highest BCUT2D eigenvalue weighted by Gasteiger charge is 2.32. The molecule has 31 heavy (non-hydrogen) atoms. The number of rotatable bonds is 4. The third-order valence-corrected chi connectivity index (χ3v) is 9.19. The van der Waals surface area contributed by atoms with E-state index < -0.39 is 9.84 Å². The SMILES string of the molecule is Cc1cccc(-c2csc(N3CCC(S(=O)(=O)c4ccc(C(C)(C)C)cc4)CC3)n2)c1. The number of sulfone groups is 1. The monoisotopic (exact) mass is 454 g/mol. The van der Waals surface area contributed by atoms with Crippen molar-refractivity contribution in [1.29, 1.82) is 0 Å². The van der Waals surface area contributed by atoms with Gasteiger partial charge < -0.3 is 4.90 Å². The van der Waals surface area contributed by atoms with E-state index in [1.165, 1.54) is 5.56 Å². The molecular formula is C25H30N2O2S2. The van der Waals surface area contributed by atoms with Gasteiger partial charge in [0.2, 0.25) is 0 Å². The zero-order valence-electron chi connectivity index (χ0n) is 18.6. The van der Waals surface area contributed by atoms with Crippen LogP contribution in [-0.4, -0.2) is 31.7 Å². The molecule has 1 fully saturated rings. The lowest BCUT2D eigenvalue weighted by molar-refractivity contribution is 0.529. The van der Waals surface area contributed by atoms with E-state index in [1.54, 1.807) is 23.5 Å². The van der Waals surface area contributed by atoms with Crippen LogP contribution in [0.5, 0.6) is 0 Å². The number of benzene rings is 2. The van der Waals surface area contributed by atoms with Crippen molar-refractivity contribution >= 4 is 26.3 Å². The minimum Gasteiger partial charge on any atom is -0.348 e. The Kier molecular flexibility index (Phi) is 5.97. The summed E-state index contributed by atoms with van der Waals surface area (Å²) in [6.45, 7) is 9.91. The fourth-order valence-corrected chi connectivity index (χ4v) is 6.66. The molecule has 1 aromatic heterocycles. The van der Waals surface area contributed by atoms with Gasteiger partial charge in [-0.15, -0.1) is 11.3 Å². The minimum absolute atomic E-state index is 0.0125. The molecule has 4 nitrogen and oxygen atoms in total. The van der Waals surface area contributed by atoms with Gasteiger partial charge in [-0.05, 0) is 48.9 Å². The Morgan fingerprint density at radius 1 is 1.03 bits per heavy atom. The van der Waals surface area contributed by atoms with Crippen LogP contribution in [0.4, 0.5) is 5.13 Å². The summed E-state index contributed by atoms with van der Waals surface area (Å²) in [5.41, 5.74) is 4.48. The Hall–Kier alpha value is -2.18. The molecule has 0 saturated carbocycles. The normalized spacial score (nSPS) is 15.9. The molecule has 164 valence electrons. The van der Waals surface area contributed by atoms with E-state index in [4.69, 9.17) is 4.98 Å². The van der Waals surface area contributed by atoms with Gasteiger partial charge in [-0.25, -0.2) is 13.4 Å². The number of nitrogens with zero attached hydrogens (tertiary/aromatic N) is 2. The first-order valence-electron chi connectivity index (χ1n) is 10.8. The van der Waals surface area contributed by atoms with E-state index in [9.17, 15) is 8.42 Å². The topological polar surface area (TPSA) is 50.3 Å². The van der Waals surface area contributed by atoms with Gasteiger partial charge in [0.1, 0.15) is 0 Å². The summed E-state index contributed by atoms with van der Waals surface area (Å²) in [5.74, 6) is 0. The smallest absolute Gasteiger partial charge is 0.185 e. The first-order valence-corrected chi connectivity index (χ1v) is 13.2. The highest BCUT2D eigenvalue weighted by molar-refractivity contribution is 7.92. The fourth-order valence-electron chi connectivity index (χ4n) is 4.04. The van der Waals surface area contributed by atoms with Crippen LogP contribution in [0.3, 0.4) is 0 Å². The second-order valence-electron chi connectivity index (χ2n) is 9.39. The Bertz CT molecular complexity index is 1150. The molecule has 0 spiro atoms. The van der Waals surface area contributed by atoms with Gasteiger partial charge in [0.05, 0.1) is 15.8 Å². The number of aromatic nitrogens is 1. The van der Waals surface area contributed by atoms with Gasteiger partial charge in [0.15, 0.2) is 15.0 Å². The maximum Gasteiger partial charge on any atom is 0.185 e. The van der Waals surface area contributed by atoms with Crippen LogP contribution in [0.15, 0.2) is 58.8 Å². The van der Waals surface area contributed by atoms with E-state index in [0.717, 1.165) is 22.0 Å². The van der Waals surface area contributed by atoms with Crippen LogP contribution in [0, 0.1) is 6.92 Å². The Morgan fingerprint density at radius 2 is 1.71 bits per heavy atom. The number of hydrogen-bond acceptors (Lipinski definition) is 5. The maximum atomic E-state index is 13.2. The highest BCUT2D eigenvalue weighted by atomic mass is 32.2. The first kappa shape index (κ1) is 22.0. The van der Waals surface area contributed by atoms with Crippen LogP contribution in [-0.2, 0) is 15.3 Å². The number of anilines is 1. The second-order valence-corrected chi connectivity index (χ2v) is 12.5. The van der Waals surface area contributed by atoms with E-state index in [-0.39, 0.29) is 10.7 Å². The van der Waals surface area contributed by atoms with Gasteiger partial charge in [0, 0.05) is 24.0 Å². The molecule has 6 heteroatoms. The van der Waals surface area contributed by atoms with Gasteiger partial charge in [0.25, 0.3) is 0 Å². The van der Waals surface area contributed by atoms with E-state index >= 15 is 0 Å². The number of aryl methyl sites for hydroxylation is 1. The van der Waals surface area contributed by atoms with Crippen molar-refractivity contribution in [3.8, 4) is 11.3 Å². The molecule has 0 N–H and O–H groups in total. The second kappa shape index (κ2) is 8.40. The molecule has 1 aliphatic heterocycles. The lowest BCUT2D eigenvalue weighted by Gasteiger charge is -2.31. The third-order valence-electron chi connectivity index (χ3n) is 6.01. The number of piperidine rings is 1. The molecular weight excluding hydrogens is 424 g/mol. The molecule has 0 aliphatic carbocycles.